The molecule has 0 aromatic rings. The summed E-state index contributed by atoms with van der Waals surface area (Å²) in [5.74, 6) is -0.894. The zero-order chi connectivity index (χ0) is 52.2. The van der Waals surface area contributed by atoms with Crippen molar-refractivity contribution in [2.75, 3.05) is 13.2 Å². The summed E-state index contributed by atoms with van der Waals surface area (Å²) >= 11 is 0. The van der Waals surface area contributed by atoms with E-state index in [-0.39, 0.29) is 31.1 Å². The summed E-state index contributed by atoms with van der Waals surface area (Å²) < 4.78 is 16.9. The number of carbonyl (C=O) groups is 3. The van der Waals surface area contributed by atoms with Gasteiger partial charge < -0.3 is 14.2 Å². The number of hydrogen-bond acceptors (Lipinski definition) is 6. The first-order valence-electron chi connectivity index (χ1n) is 30.9. The molecule has 0 N–H and O–H groups in total. The molecule has 0 amide bonds. The van der Waals surface area contributed by atoms with Crippen molar-refractivity contribution in [1.82, 2.24) is 0 Å². The highest BCUT2D eigenvalue weighted by Gasteiger charge is 2.19. The third-order valence-corrected chi connectivity index (χ3v) is 13.4. The second-order valence-electron chi connectivity index (χ2n) is 20.6. The second-order valence-corrected chi connectivity index (χ2v) is 20.6. The average Bonchev–Trinajstić information content (AvgIpc) is 3.38. The number of ether oxygens (including phenoxy) is 3. The van der Waals surface area contributed by atoms with Gasteiger partial charge in [-0.1, -0.05) is 254 Å². The van der Waals surface area contributed by atoms with E-state index in [0.717, 1.165) is 89.9 Å². The van der Waals surface area contributed by atoms with Gasteiger partial charge in [-0.05, 0) is 109 Å². The van der Waals surface area contributed by atoms with Crippen LogP contribution in [0, 0.1) is 0 Å². The molecule has 0 spiro atoms. The van der Waals surface area contributed by atoms with Crippen LogP contribution in [0.4, 0.5) is 0 Å². The zero-order valence-electron chi connectivity index (χ0n) is 47.7. The fraction of sp³-hybridized carbons (Fsp3) is 0.773. The van der Waals surface area contributed by atoms with Gasteiger partial charge in [0.25, 0.3) is 0 Å². The molecule has 1 unspecified atom stereocenters. The molecule has 0 fully saturated rings. The van der Waals surface area contributed by atoms with E-state index in [4.69, 9.17) is 14.2 Å². The molecule has 6 heteroatoms. The number of allylic oxidation sites excluding steroid dienone is 12. The predicted octanol–water partition coefficient (Wildman–Crippen LogP) is 20.9. The molecule has 6 nitrogen and oxygen atoms in total. The van der Waals surface area contributed by atoms with Gasteiger partial charge in [-0.3, -0.25) is 14.4 Å². The van der Waals surface area contributed by atoms with Crippen molar-refractivity contribution in [2.45, 2.75) is 316 Å². The Morgan fingerprint density at radius 2 is 0.514 bits per heavy atom. The van der Waals surface area contributed by atoms with E-state index in [1.54, 1.807) is 0 Å². The molecule has 1 atom stereocenters. The first-order valence-corrected chi connectivity index (χ1v) is 30.9. The maximum Gasteiger partial charge on any atom is 0.306 e. The summed E-state index contributed by atoms with van der Waals surface area (Å²) in [6.45, 7) is 6.58. The summed E-state index contributed by atoms with van der Waals surface area (Å²) in [5, 5.41) is 0. The Bertz CT molecular complexity index is 1340. The van der Waals surface area contributed by atoms with E-state index in [1.165, 1.54) is 180 Å². The molecule has 0 bridgehead atoms. The van der Waals surface area contributed by atoms with Crippen LogP contribution in [0.15, 0.2) is 72.9 Å². The van der Waals surface area contributed by atoms with E-state index in [9.17, 15) is 14.4 Å². The lowest BCUT2D eigenvalue weighted by molar-refractivity contribution is -0.167. The topological polar surface area (TPSA) is 78.9 Å². The molecule has 416 valence electrons. The molecule has 0 heterocycles. The Morgan fingerprint density at radius 3 is 0.833 bits per heavy atom. The van der Waals surface area contributed by atoms with Crippen molar-refractivity contribution in [3.05, 3.63) is 72.9 Å². The van der Waals surface area contributed by atoms with E-state index < -0.39 is 6.10 Å². The molecule has 0 aromatic heterocycles. The third-order valence-electron chi connectivity index (χ3n) is 13.4. The Balaban J connectivity index is 4.37. The number of hydrogen-bond donors (Lipinski definition) is 0. The molecular formula is C66H116O6. The largest absolute Gasteiger partial charge is 0.462 e. The van der Waals surface area contributed by atoms with Crippen molar-refractivity contribution < 1.29 is 28.6 Å². The van der Waals surface area contributed by atoms with Crippen molar-refractivity contribution in [3.63, 3.8) is 0 Å². The molecule has 0 saturated heterocycles. The minimum absolute atomic E-state index is 0.0830. The van der Waals surface area contributed by atoms with Gasteiger partial charge in [-0.15, -0.1) is 0 Å². The number of rotatable bonds is 56. The summed E-state index contributed by atoms with van der Waals surface area (Å²) in [4.78, 5) is 38.3. The molecule has 72 heavy (non-hydrogen) atoms. The van der Waals surface area contributed by atoms with Gasteiger partial charge >= 0.3 is 17.9 Å². The first-order chi connectivity index (χ1) is 35.5. The fourth-order valence-corrected chi connectivity index (χ4v) is 8.70. The second kappa shape index (κ2) is 60.4. The smallest absolute Gasteiger partial charge is 0.306 e. The highest BCUT2D eigenvalue weighted by atomic mass is 16.6. The van der Waals surface area contributed by atoms with E-state index >= 15 is 0 Å². The zero-order valence-corrected chi connectivity index (χ0v) is 47.7. The Morgan fingerprint density at radius 1 is 0.278 bits per heavy atom. The number of esters is 3. The summed E-state index contributed by atoms with van der Waals surface area (Å²) in [6.07, 6.45) is 77.5. The lowest BCUT2D eigenvalue weighted by Crippen LogP contribution is -2.30. The van der Waals surface area contributed by atoms with Gasteiger partial charge in [-0.25, -0.2) is 0 Å². The molecule has 0 radical (unpaired) electrons. The van der Waals surface area contributed by atoms with Crippen LogP contribution in [0.1, 0.15) is 310 Å². The monoisotopic (exact) mass is 1000 g/mol. The van der Waals surface area contributed by atoms with Crippen molar-refractivity contribution in [2.24, 2.45) is 0 Å². The minimum atomic E-state index is -0.786. The third kappa shape index (κ3) is 57.7. The normalized spacial score (nSPS) is 12.5. The van der Waals surface area contributed by atoms with Crippen LogP contribution >= 0.6 is 0 Å². The van der Waals surface area contributed by atoms with Crippen LogP contribution in [0.25, 0.3) is 0 Å². The van der Waals surface area contributed by atoms with Gasteiger partial charge in [0.15, 0.2) is 6.10 Å². The maximum atomic E-state index is 12.9. The number of unbranched alkanes of at least 4 members (excludes halogenated alkanes) is 33. The Kier molecular flexibility index (Phi) is 57.8. The van der Waals surface area contributed by atoms with Crippen LogP contribution in [0.2, 0.25) is 0 Å². The summed E-state index contributed by atoms with van der Waals surface area (Å²) in [6, 6.07) is 0. The average molecular weight is 1010 g/mol. The standard InChI is InChI=1S/C66H116O6/c1-4-7-10-13-16-19-22-25-28-30-32-33-35-36-38-41-44-47-50-53-56-59-65(68)71-62-63(61-70-64(67)58-55-52-49-46-43-40-27-24-21-18-15-12-9-6-3)72-66(69)60-57-54-51-48-45-42-39-37-34-31-29-26-23-20-17-14-11-8-5-2/h15,17-18,20,22,24-27,29-30,32,63H,4-14,16,19,21,23,28,31,33-62H2,1-3H3/b18-15-,20-17-,25-22-,27-24-,29-26-,32-30-. The van der Waals surface area contributed by atoms with Gasteiger partial charge in [-0.2, -0.15) is 0 Å². The van der Waals surface area contributed by atoms with Crippen molar-refractivity contribution in [1.29, 1.82) is 0 Å². The Hall–Kier alpha value is -3.15. The van der Waals surface area contributed by atoms with E-state index in [0.29, 0.717) is 19.3 Å². The van der Waals surface area contributed by atoms with Crippen molar-refractivity contribution >= 4 is 17.9 Å². The molecule has 0 rings (SSSR count). The van der Waals surface area contributed by atoms with Crippen LogP contribution in [-0.4, -0.2) is 37.2 Å². The molecule has 0 aliphatic carbocycles. The van der Waals surface area contributed by atoms with Crippen LogP contribution in [0.3, 0.4) is 0 Å². The van der Waals surface area contributed by atoms with E-state index in [1.807, 2.05) is 0 Å². The van der Waals surface area contributed by atoms with Crippen LogP contribution in [-0.2, 0) is 28.6 Å². The molecule has 0 aromatic carbocycles. The molecule has 0 saturated carbocycles. The highest BCUT2D eigenvalue weighted by molar-refractivity contribution is 5.71. The van der Waals surface area contributed by atoms with E-state index in [2.05, 4.69) is 93.7 Å². The first kappa shape index (κ1) is 68.8. The predicted molar refractivity (Wildman–Crippen MR) is 311 cm³/mol. The quantitative estimate of drug-likeness (QED) is 0.0261. The maximum absolute atomic E-state index is 12.9. The van der Waals surface area contributed by atoms with Gasteiger partial charge in [0.1, 0.15) is 13.2 Å². The summed E-state index contributed by atoms with van der Waals surface area (Å²) in [5.41, 5.74) is 0. The minimum Gasteiger partial charge on any atom is -0.462 e. The lowest BCUT2D eigenvalue weighted by Gasteiger charge is -2.18. The molecule has 0 aliphatic rings. The SMILES string of the molecule is CCCC/C=C\C/C=C\CCCCCCCC(=O)OCC(COC(=O)CCCCCCCCCCC/C=C\C/C=C\CCCCCCC)OC(=O)CCCCCCCCCCC/C=C\C/C=C\CCCCC. The van der Waals surface area contributed by atoms with Crippen molar-refractivity contribution in [3.8, 4) is 0 Å². The van der Waals surface area contributed by atoms with Crippen LogP contribution in [0.5, 0.6) is 0 Å². The van der Waals surface area contributed by atoms with Gasteiger partial charge in [0, 0.05) is 19.3 Å². The fourth-order valence-electron chi connectivity index (χ4n) is 8.70. The van der Waals surface area contributed by atoms with Gasteiger partial charge in [0.05, 0.1) is 0 Å². The summed E-state index contributed by atoms with van der Waals surface area (Å²) in [7, 11) is 0. The van der Waals surface area contributed by atoms with Crippen LogP contribution < -0.4 is 0 Å². The lowest BCUT2D eigenvalue weighted by atomic mass is 10.1. The van der Waals surface area contributed by atoms with Gasteiger partial charge in [0.2, 0.25) is 0 Å². The Labute approximate surface area is 446 Å². The molecular weight excluding hydrogens is 889 g/mol. The number of carbonyl (C=O) groups excluding carboxylic acids is 3. The highest BCUT2D eigenvalue weighted by Crippen LogP contribution is 2.16. The molecule has 0 aliphatic heterocycles.